The molecule has 1 aliphatic heterocycles. The van der Waals surface area contributed by atoms with E-state index in [1.165, 1.54) is 7.11 Å². The van der Waals surface area contributed by atoms with Gasteiger partial charge in [0.25, 0.3) is 0 Å². The number of anilines is 1. The van der Waals surface area contributed by atoms with Crippen LogP contribution in [0, 0.1) is 0 Å². The van der Waals surface area contributed by atoms with Gasteiger partial charge in [0.15, 0.2) is 0 Å². The lowest BCUT2D eigenvalue weighted by molar-refractivity contribution is -0.118. The Bertz CT molecular complexity index is 775. The zero-order chi connectivity index (χ0) is 16.4. The number of ether oxygens (including phenoxy) is 2. The minimum Gasteiger partial charge on any atom is -0.495 e. The van der Waals surface area contributed by atoms with Crippen molar-refractivity contribution in [3.8, 4) is 5.75 Å². The van der Waals surface area contributed by atoms with Crippen LogP contribution in [-0.2, 0) is 9.53 Å². The van der Waals surface area contributed by atoms with Gasteiger partial charge in [-0.3, -0.25) is 4.79 Å². The largest absolute Gasteiger partial charge is 0.495 e. The van der Waals surface area contributed by atoms with Crippen molar-refractivity contribution in [1.82, 2.24) is 0 Å². The summed E-state index contributed by atoms with van der Waals surface area (Å²) < 4.78 is 10.3. The lowest BCUT2D eigenvalue weighted by Crippen LogP contribution is -2.15. The Balaban J connectivity index is 1.69. The van der Waals surface area contributed by atoms with Crippen LogP contribution in [0.25, 0.3) is 0 Å². The number of nitrogens with one attached hydrogen (secondary N) is 1. The Hall–Kier alpha value is -2.53. The third-order valence-corrected chi connectivity index (χ3v) is 3.88. The quantitative estimate of drug-likeness (QED) is 0.870. The van der Waals surface area contributed by atoms with Gasteiger partial charge in [-0.2, -0.15) is 0 Å². The first-order valence-corrected chi connectivity index (χ1v) is 7.39. The van der Waals surface area contributed by atoms with Crippen LogP contribution in [-0.4, -0.2) is 19.0 Å². The Morgan fingerprint density at radius 2 is 2.09 bits per heavy atom. The fourth-order valence-electron chi connectivity index (χ4n) is 2.50. The molecule has 0 aliphatic carbocycles. The summed E-state index contributed by atoms with van der Waals surface area (Å²) in [7, 11) is 1.52. The lowest BCUT2D eigenvalue weighted by atomic mass is 10.0. The van der Waals surface area contributed by atoms with Crippen LogP contribution in [0.1, 0.15) is 28.4 Å². The number of hydrogen-bond donors (Lipinski definition) is 1. The van der Waals surface area contributed by atoms with Gasteiger partial charge in [-0.15, -0.1) is 0 Å². The zero-order valence-corrected chi connectivity index (χ0v) is 13.1. The molecular weight excluding hydrogens is 318 g/mol. The van der Waals surface area contributed by atoms with E-state index in [0.29, 0.717) is 22.0 Å². The van der Waals surface area contributed by atoms with Crippen LogP contribution in [0.15, 0.2) is 42.5 Å². The summed E-state index contributed by atoms with van der Waals surface area (Å²) >= 11 is 6.02. The van der Waals surface area contributed by atoms with Crippen LogP contribution in [0.5, 0.6) is 5.75 Å². The molecule has 0 spiro atoms. The maximum absolute atomic E-state index is 12.2. The third kappa shape index (κ3) is 3.14. The van der Waals surface area contributed by atoms with Gasteiger partial charge < -0.3 is 14.8 Å². The van der Waals surface area contributed by atoms with Gasteiger partial charge in [0.1, 0.15) is 11.9 Å². The first-order valence-electron chi connectivity index (χ1n) is 7.02. The molecule has 6 heteroatoms. The minimum absolute atomic E-state index is 0.0480. The molecular formula is C17H14ClNO4. The van der Waals surface area contributed by atoms with Crippen molar-refractivity contribution in [3.05, 3.63) is 58.6 Å². The van der Waals surface area contributed by atoms with Gasteiger partial charge in [0, 0.05) is 11.3 Å². The SMILES string of the molecule is COc1ccc(NC(=O)CC2OC(=O)c3ccccc32)cc1Cl. The van der Waals surface area contributed by atoms with Gasteiger partial charge in [-0.1, -0.05) is 29.8 Å². The monoisotopic (exact) mass is 331 g/mol. The molecule has 2 aromatic carbocycles. The highest BCUT2D eigenvalue weighted by Gasteiger charge is 2.32. The number of rotatable bonds is 4. The lowest BCUT2D eigenvalue weighted by Gasteiger charge is -2.12. The van der Waals surface area contributed by atoms with Crippen molar-refractivity contribution >= 4 is 29.2 Å². The molecule has 0 saturated carbocycles. The number of cyclic esters (lactones) is 1. The van der Waals surface area contributed by atoms with Gasteiger partial charge >= 0.3 is 5.97 Å². The van der Waals surface area contributed by atoms with E-state index in [4.69, 9.17) is 21.1 Å². The molecule has 1 N–H and O–H groups in total. The summed E-state index contributed by atoms with van der Waals surface area (Å²) in [6, 6.07) is 12.0. The minimum atomic E-state index is -0.563. The highest BCUT2D eigenvalue weighted by atomic mass is 35.5. The van der Waals surface area contributed by atoms with E-state index < -0.39 is 12.1 Å². The Morgan fingerprint density at radius 1 is 1.30 bits per heavy atom. The fourth-order valence-corrected chi connectivity index (χ4v) is 2.75. The van der Waals surface area contributed by atoms with Gasteiger partial charge in [0.2, 0.25) is 5.91 Å². The maximum atomic E-state index is 12.2. The third-order valence-electron chi connectivity index (χ3n) is 3.58. The number of carbonyl (C=O) groups excluding carboxylic acids is 2. The summed E-state index contributed by atoms with van der Waals surface area (Å²) in [4.78, 5) is 23.9. The van der Waals surface area contributed by atoms with Gasteiger partial charge in [-0.05, 0) is 24.3 Å². The van der Waals surface area contributed by atoms with Crippen LogP contribution < -0.4 is 10.1 Å². The number of fused-ring (bicyclic) bond motifs is 1. The van der Waals surface area contributed by atoms with Gasteiger partial charge in [0.05, 0.1) is 24.1 Å². The smallest absolute Gasteiger partial charge is 0.339 e. The van der Waals surface area contributed by atoms with Crippen molar-refractivity contribution in [2.75, 3.05) is 12.4 Å². The molecule has 5 nitrogen and oxygen atoms in total. The highest BCUT2D eigenvalue weighted by molar-refractivity contribution is 6.32. The maximum Gasteiger partial charge on any atom is 0.339 e. The predicted molar refractivity (Wildman–Crippen MR) is 85.8 cm³/mol. The molecule has 0 bridgehead atoms. The molecule has 0 saturated heterocycles. The predicted octanol–water partition coefficient (Wildman–Crippen LogP) is 3.59. The Kier molecular flexibility index (Phi) is 4.21. The zero-order valence-electron chi connectivity index (χ0n) is 12.3. The van der Waals surface area contributed by atoms with Crippen molar-refractivity contribution in [3.63, 3.8) is 0 Å². The van der Waals surface area contributed by atoms with Crippen LogP contribution in [0.2, 0.25) is 5.02 Å². The van der Waals surface area contributed by atoms with E-state index in [1.807, 2.05) is 6.07 Å². The van der Waals surface area contributed by atoms with E-state index in [9.17, 15) is 9.59 Å². The molecule has 1 atom stereocenters. The first kappa shape index (κ1) is 15.4. The van der Waals surface area contributed by atoms with Crippen molar-refractivity contribution in [1.29, 1.82) is 0 Å². The van der Waals surface area contributed by atoms with E-state index in [0.717, 1.165) is 5.56 Å². The standard InChI is InChI=1S/C17H14ClNO4/c1-22-14-7-6-10(8-13(14)18)19-16(20)9-15-11-4-2-3-5-12(11)17(21)23-15/h2-8,15H,9H2,1H3,(H,19,20). The summed E-state index contributed by atoms with van der Waals surface area (Å²) in [5.41, 5.74) is 1.80. The second kappa shape index (κ2) is 6.30. The van der Waals surface area contributed by atoms with Crippen molar-refractivity contribution in [2.24, 2.45) is 0 Å². The molecule has 0 aromatic heterocycles. The Labute approximate surface area is 138 Å². The second-order valence-electron chi connectivity index (χ2n) is 5.08. The summed E-state index contributed by atoms with van der Waals surface area (Å²) in [6.45, 7) is 0. The molecule has 1 unspecified atom stereocenters. The van der Waals surface area contributed by atoms with Crippen molar-refractivity contribution in [2.45, 2.75) is 12.5 Å². The number of hydrogen-bond acceptors (Lipinski definition) is 4. The normalized spacial score (nSPS) is 15.7. The molecule has 0 radical (unpaired) electrons. The molecule has 23 heavy (non-hydrogen) atoms. The topological polar surface area (TPSA) is 64.6 Å². The number of carbonyl (C=O) groups is 2. The van der Waals surface area contributed by atoms with Crippen LogP contribution in [0.4, 0.5) is 5.69 Å². The number of amides is 1. The number of methoxy groups -OCH3 is 1. The molecule has 2 aromatic rings. The highest BCUT2D eigenvalue weighted by Crippen LogP contribution is 2.33. The second-order valence-corrected chi connectivity index (χ2v) is 5.49. The average Bonchev–Trinajstić information content (AvgIpc) is 2.84. The molecule has 1 heterocycles. The molecule has 0 fully saturated rings. The summed E-state index contributed by atoms with van der Waals surface area (Å²) in [5, 5.41) is 3.14. The molecule has 1 aliphatic rings. The fraction of sp³-hybridized carbons (Fsp3) is 0.176. The van der Waals surface area contributed by atoms with Crippen LogP contribution in [0.3, 0.4) is 0 Å². The molecule has 3 rings (SSSR count). The van der Waals surface area contributed by atoms with Gasteiger partial charge in [-0.25, -0.2) is 4.79 Å². The van der Waals surface area contributed by atoms with E-state index in [1.54, 1.807) is 36.4 Å². The summed E-state index contributed by atoms with van der Waals surface area (Å²) in [5.74, 6) is -0.130. The van der Waals surface area contributed by atoms with Crippen molar-refractivity contribution < 1.29 is 19.1 Å². The first-order chi connectivity index (χ1) is 11.1. The molecule has 1 amide bonds. The Morgan fingerprint density at radius 3 is 2.83 bits per heavy atom. The van der Waals surface area contributed by atoms with E-state index >= 15 is 0 Å². The number of esters is 1. The number of halogens is 1. The number of benzene rings is 2. The van der Waals surface area contributed by atoms with E-state index in [-0.39, 0.29) is 12.3 Å². The van der Waals surface area contributed by atoms with E-state index in [2.05, 4.69) is 5.32 Å². The van der Waals surface area contributed by atoms with Crippen LogP contribution >= 0.6 is 11.6 Å². The summed E-state index contributed by atoms with van der Waals surface area (Å²) in [6.07, 6.45) is -0.515. The molecule has 118 valence electrons. The average molecular weight is 332 g/mol.